The van der Waals surface area contributed by atoms with Crippen LogP contribution in [0.4, 0.5) is 0 Å². The van der Waals surface area contributed by atoms with Crippen molar-refractivity contribution in [2.24, 2.45) is 0 Å². The van der Waals surface area contributed by atoms with E-state index in [1.54, 1.807) is 14.2 Å². The van der Waals surface area contributed by atoms with Crippen LogP contribution in [-0.2, 0) is 14.3 Å². The summed E-state index contributed by atoms with van der Waals surface area (Å²) >= 11 is 3.56. The van der Waals surface area contributed by atoms with Gasteiger partial charge in [-0.15, -0.1) is 0 Å². The van der Waals surface area contributed by atoms with Crippen LogP contribution >= 0.6 is 15.9 Å². The summed E-state index contributed by atoms with van der Waals surface area (Å²) in [6, 6.07) is 13.5. The van der Waals surface area contributed by atoms with Crippen LogP contribution in [0.1, 0.15) is 56.1 Å². The van der Waals surface area contributed by atoms with Gasteiger partial charge in [0.05, 0.1) is 30.9 Å². The van der Waals surface area contributed by atoms with Crippen molar-refractivity contribution in [1.82, 2.24) is 5.32 Å². The van der Waals surface area contributed by atoms with Gasteiger partial charge in [-0.05, 0) is 65.0 Å². The first-order chi connectivity index (χ1) is 16.9. The predicted octanol–water partition coefficient (Wildman–Crippen LogP) is 5.78. The fourth-order valence-electron chi connectivity index (χ4n) is 5.00. The van der Waals surface area contributed by atoms with E-state index in [-0.39, 0.29) is 11.7 Å². The van der Waals surface area contributed by atoms with Crippen molar-refractivity contribution >= 4 is 27.7 Å². The number of benzene rings is 2. The van der Waals surface area contributed by atoms with Gasteiger partial charge in [0.15, 0.2) is 5.78 Å². The Bertz CT molecular complexity index is 1220. The minimum atomic E-state index is -0.524. The van der Waals surface area contributed by atoms with E-state index in [0.29, 0.717) is 42.0 Å². The Hall–Kier alpha value is -3.06. The maximum absolute atomic E-state index is 13.7. The maximum atomic E-state index is 13.7. The summed E-state index contributed by atoms with van der Waals surface area (Å²) < 4.78 is 17.3. The Labute approximate surface area is 214 Å². The van der Waals surface area contributed by atoms with E-state index in [1.165, 1.54) is 0 Å². The quantitative estimate of drug-likeness (QED) is 0.449. The third-order valence-electron chi connectivity index (χ3n) is 6.57. The number of halogens is 1. The number of hydrogen-bond donors (Lipinski definition) is 1. The van der Waals surface area contributed by atoms with Gasteiger partial charge in [-0.2, -0.15) is 0 Å². The average molecular weight is 540 g/mol. The molecule has 0 radical (unpaired) electrons. The molecule has 2 aliphatic rings. The first-order valence-electron chi connectivity index (χ1n) is 11.8. The number of ketones is 1. The summed E-state index contributed by atoms with van der Waals surface area (Å²) in [5, 5.41) is 3.39. The number of hydrogen-bond acceptors (Lipinski definition) is 6. The first-order valence-corrected chi connectivity index (χ1v) is 12.6. The number of para-hydroxylation sites is 1. The van der Waals surface area contributed by atoms with E-state index in [4.69, 9.17) is 14.2 Å². The van der Waals surface area contributed by atoms with Crippen LogP contribution in [0.3, 0.4) is 0 Å². The van der Waals surface area contributed by atoms with Crippen molar-refractivity contribution in [3.63, 3.8) is 0 Å². The minimum Gasteiger partial charge on any atom is -0.496 e. The Balaban J connectivity index is 1.81. The van der Waals surface area contributed by atoms with Gasteiger partial charge in [0.2, 0.25) is 0 Å². The van der Waals surface area contributed by atoms with Gasteiger partial charge < -0.3 is 19.5 Å². The lowest BCUT2D eigenvalue weighted by atomic mass is 9.71. The molecule has 0 fully saturated rings. The number of carbonyl (C=O) groups excluding carboxylic acids is 2. The molecule has 6 nitrogen and oxygen atoms in total. The highest BCUT2D eigenvalue weighted by molar-refractivity contribution is 9.10. The largest absolute Gasteiger partial charge is 0.496 e. The number of allylic oxidation sites excluding steroid dienone is 3. The van der Waals surface area contributed by atoms with Crippen LogP contribution in [0, 0.1) is 0 Å². The number of Topliss-reactive ketones (excluding diaryl/α,β-unsaturated/α-hetero) is 1. The van der Waals surface area contributed by atoms with Gasteiger partial charge in [0.1, 0.15) is 11.5 Å². The SMILES string of the molecule is CCCOC(=O)C1=C(C)NC2=C(C(=O)C[C@H](c3ccccc3OC)C2)[C@@H]1c1ccc(OC)c(Br)c1. The summed E-state index contributed by atoms with van der Waals surface area (Å²) in [6.45, 7) is 4.15. The smallest absolute Gasteiger partial charge is 0.336 e. The standard InChI is InChI=1S/C28H30BrNO5/c1-5-12-35-28(32)25-16(2)30-21-14-18(19-8-6-7-9-23(19)33-3)15-22(31)27(21)26(25)17-10-11-24(34-4)20(29)13-17/h6-11,13,18,26,30H,5,12,14-15H2,1-4H3/t18-,26-/m1/s1. The molecule has 0 bridgehead atoms. The van der Waals surface area contributed by atoms with Crippen molar-refractivity contribution in [2.75, 3.05) is 20.8 Å². The zero-order valence-corrected chi connectivity index (χ0v) is 22.0. The topological polar surface area (TPSA) is 73.9 Å². The molecule has 7 heteroatoms. The number of nitrogens with one attached hydrogen (secondary N) is 1. The van der Waals surface area contributed by atoms with E-state index in [1.807, 2.05) is 56.3 Å². The highest BCUT2D eigenvalue weighted by Crippen LogP contribution is 2.47. The molecular formula is C28H30BrNO5. The normalized spacial score (nSPS) is 19.7. The van der Waals surface area contributed by atoms with Crippen molar-refractivity contribution < 1.29 is 23.8 Å². The molecule has 0 saturated heterocycles. The summed E-state index contributed by atoms with van der Waals surface area (Å²) in [6.07, 6.45) is 1.70. The van der Waals surface area contributed by atoms with Gasteiger partial charge in [-0.25, -0.2) is 4.79 Å². The third kappa shape index (κ3) is 4.87. The van der Waals surface area contributed by atoms with Crippen LogP contribution in [0.2, 0.25) is 0 Å². The van der Waals surface area contributed by atoms with Gasteiger partial charge >= 0.3 is 5.97 Å². The number of rotatable bonds is 7. The summed E-state index contributed by atoms with van der Waals surface area (Å²) in [5.74, 6) is 0.522. The zero-order valence-electron chi connectivity index (χ0n) is 20.4. The molecule has 35 heavy (non-hydrogen) atoms. The van der Waals surface area contributed by atoms with Crippen molar-refractivity contribution in [1.29, 1.82) is 0 Å². The molecule has 0 aromatic heterocycles. The molecular weight excluding hydrogens is 510 g/mol. The lowest BCUT2D eigenvalue weighted by molar-refractivity contribution is -0.139. The number of dihydropyridines is 1. The van der Waals surface area contributed by atoms with Gasteiger partial charge in [-0.3, -0.25) is 4.79 Å². The molecule has 184 valence electrons. The van der Waals surface area contributed by atoms with Crippen LogP contribution in [0.5, 0.6) is 11.5 Å². The maximum Gasteiger partial charge on any atom is 0.336 e. The fraction of sp³-hybridized carbons (Fsp3) is 0.357. The van der Waals surface area contributed by atoms with Gasteiger partial charge in [-0.1, -0.05) is 31.2 Å². The van der Waals surface area contributed by atoms with Crippen molar-refractivity contribution in [3.05, 3.63) is 80.6 Å². The second-order valence-electron chi connectivity index (χ2n) is 8.79. The summed E-state index contributed by atoms with van der Waals surface area (Å²) in [5.41, 5.74) is 4.49. The number of carbonyl (C=O) groups is 2. The van der Waals surface area contributed by atoms with Crippen LogP contribution in [0.15, 0.2) is 69.5 Å². The molecule has 0 unspecified atom stereocenters. The highest BCUT2D eigenvalue weighted by atomic mass is 79.9. The average Bonchev–Trinajstić information content (AvgIpc) is 2.86. The van der Waals surface area contributed by atoms with E-state index < -0.39 is 11.9 Å². The molecule has 2 atom stereocenters. The molecule has 4 rings (SSSR count). The van der Waals surface area contributed by atoms with Crippen LogP contribution in [0.25, 0.3) is 0 Å². The molecule has 0 saturated carbocycles. The van der Waals surface area contributed by atoms with Crippen LogP contribution in [-0.4, -0.2) is 32.6 Å². The monoisotopic (exact) mass is 539 g/mol. The molecule has 1 aliphatic heterocycles. The lowest BCUT2D eigenvalue weighted by Crippen LogP contribution is -2.36. The Morgan fingerprint density at radius 1 is 1.09 bits per heavy atom. The van der Waals surface area contributed by atoms with Gasteiger partial charge in [0.25, 0.3) is 0 Å². The molecule has 1 heterocycles. The van der Waals surface area contributed by atoms with Crippen LogP contribution < -0.4 is 14.8 Å². The van der Waals surface area contributed by atoms with Crippen molar-refractivity contribution in [3.8, 4) is 11.5 Å². The number of methoxy groups -OCH3 is 2. The van der Waals surface area contributed by atoms with Gasteiger partial charge in [0, 0.05) is 35.2 Å². The van der Waals surface area contributed by atoms with E-state index in [0.717, 1.165) is 33.5 Å². The predicted molar refractivity (Wildman–Crippen MR) is 138 cm³/mol. The molecule has 0 amide bonds. The Morgan fingerprint density at radius 3 is 2.51 bits per heavy atom. The first kappa shape index (κ1) is 25.0. The van der Waals surface area contributed by atoms with E-state index >= 15 is 0 Å². The molecule has 1 N–H and O–H groups in total. The van der Waals surface area contributed by atoms with E-state index in [2.05, 4.69) is 21.2 Å². The minimum absolute atomic E-state index is 0.0138. The molecule has 0 spiro atoms. The fourth-order valence-corrected chi connectivity index (χ4v) is 5.56. The number of ether oxygens (including phenoxy) is 3. The van der Waals surface area contributed by atoms with Crippen molar-refractivity contribution in [2.45, 2.75) is 44.9 Å². The van der Waals surface area contributed by atoms with E-state index in [9.17, 15) is 9.59 Å². The zero-order chi connectivity index (χ0) is 25.1. The Kier molecular flexibility index (Phi) is 7.65. The third-order valence-corrected chi connectivity index (χ3v) is 7.19. The molecule has 2 aromatic carbocycles. The lowest BCUT2D eigenvalue weighted by Gasteiger charge is -2.37. The summed E-state index contributed by atoms with van der Waals surface area (Å²) in [4.78, 5) is 26.9. The summed E-state index contributed by atoms with van der Waals surface area (Å²) in [7, 11) is 3.25. The molecule has 1 aliphatic carbocycles. The second-order valence-corrected chi connectivity index (χ2v) is 9.64. The Morgan fingerprint density at radius 2 is 1.83 bits per heavy atom. The number of esters is 1. The molecule has 2 aromatic rings. The highest BCUT2D eigenvalue weighted by Gasteiger charge is 2.42. The second kappa shape index (κ2) is 10.7.